The van der Waals surface area contributed by atoms with E-state index in [0.29, 0.717) is 17.3 Å². The number of amides is 2. The number of halogens is 1. The van der Waals surface area contributed by atoms with E-state index in [4.69, 9.17) is 16.3 Å². The van der Waals surface area contributed by atoms with Gasteiger partial charge in [-0.05, 0) is 23.6 Å². The topological polar surface area (TPSA) is 67.4 Å². The lowest BCUT2D eigenvalue weighted by Crippen LogP contribution is -2.51. The molecule has 1 aliphatic rings. The first-order chi connectivity index (χ1) is 10.4. The number of benzene rings is 1. The van der Waals surface area contributed by atoms with Gasteiger partial charge in [0.25, 0.3) is 0 Å². The Labute approximate surface area is 134 Å². The second kappa shape index (κ2) is 6.83. The van der Waals surface area contributed by atoms with Crippen LogP contribution in [-0.2, 0) is 9.53 Å². The zero-order chi connectivity index (χ0) is 16.3. The molecule has 118 valence electrons. The van der Waals surface area contributed by atoms with Crippen molar-refractivity contribution in [2.45, 2.75) is 19.9 Å². The first kappa shape index (κ1) is 16.4. The highest BCUT2D eigenvalue weighted by molar-refractivity contribution is 6.30. The predicted octanol–water partition coefficient (Wildman–Crippen LogP) is 3.02. The fourth-order valence-electron chi connectivity index (χ4n) is 2.28. The van der Waals surface area contributed by atoms with E-state index in [1.54, 1.807) is 24.3 Å². The van der Waals surface area contributed by atoms with Gasteiger partial charge in [0.15, 0.2) is 0 Å². The van der Waals surface area contributed by atoms with Gasteiger partial charge in [-0.25, -0.2) is 4.79 Å². The van der Waals surface area contributed by atoms with Gasteiger partial charge < -0.3 is 15.4 Å². The lowest BCUT2D eigenvalue weighted by atomic mass is 9.89. The third-order valence-corrected chi connectivity index (χ3v) is 3.53. The molecule has 2 rings (SSSR count). The fourth-order valence-corrected chi connectivity index (χ4v) is 2.48. The van der Waals surface area contributed by atoms with Gasteiger partial charge in [0.05, 0.1) is 12.6 Å². The highest BCUT2D eigenvalue weighted by Crippen LogP contribution is 2.31. The van der Waals surface area contributed by atoms with Crippen LogP contribution in [0, 0.1) is 11.8 Å². The van der Waals surface area contributed by atoms with Gasteiger partial charge in [-0.1, -0.05) is 44.2 Å². The van der Waals surface area contributed by atoms with Gasteiger partial charge in [0, 0.05) is 10.7 Å². The van der Waals surface area contributed by atoms with Crippen LogP contribution in [0.5, 0.6) is 0 Å². The number of hydrogen-bond donors (Lipinski definition) is 2. The molecular formula is C16H19ClN2O3. The summed E-state index contributed by atoms with van der Waals surface area (Å²) in [7, 11) is 0. The Balaban J connectivity index is 2.27. The molecule has 5 nitrogen and oxygen atoms in total. The number of rotatable bonds is 4. The van der Waals surface area contributed by atoms with E-state index >= 15 is 0 Å². The van der Waals surface area contributed by atoms with E-state index in [1.165, 1.54) is 0 Å². The van der Waals surface area contributed by atoms with Gasteiger partial charge in [0.2, 0.25) is 0 Å². The molecular weight excluding hydrogens is 304 g/mol. The molecule has 0 aliphatic carbocycles. The first-order valence-corrected chi connectivity index (χ1v) is 7.44. The Kier molecular flexibility index (Phi) is 5.08. The molecule has 1 saturated heterocycles. The maximum Gasteiger partial charge on any atom is 0.319 e. The van der Waals surface area contributed by atoms with Crippen molar-refractivity contribution in [2.24, 2.45) is 11.8 Å². The molecule has 0 radical (unpaired) electrons. The average Bonchev–Trinajstić information content (AvgIpc) is 2.44. The van der Waals surface area contributed by atoms with Crippen LogP contribution < -0.4 is 10.6 Å². The van der Waals surface area contributed by atoms with E-state index < -0.39 is 24.0 Å². The molecule has 1 fully saturated rings. The van der Waals surface area contributed by atoms with Crippen LogP contribution in [0.1, 0.15) is 25.5 Å². The molecule has 1 aromatic rings. The Bertz CT molecular complexity index is 601. The molecule has 6 heteroatoms. The minimum absolute atomic E-state index is 0.230. The van der Waals surface area contributed by atoms with Crippen LogP contribution in [0.25, 0.3) is 0 Å². The number of ether oxygens (including phenoxy) is 1. The smallest absolute Gasteiger partial charge is 0.319 e. The SMILES string of the molecule is C=C1NC(=O)NC(c2cccc(Cl)c2)C1C(=O)OCC(C)C. The van der Waals surface area contributed by atoms with E-state index in [9.17, 15) is 9.59 Å². The summed E-state index contributed by atoms with van der Waals surface area (Å²) in [6, 6.07) is 6.06. The summed E-state index contributed by atoms with van der Waals surface area (Å²) >= 11 is 6.00. The van der Waals surface area contributed by atoms with Gasteiger partial charge >= 0.3 is 12.0 Å². The lowest BCUT2D eigenvalue weighted by Gasteiger charge is -2.33. The van der Waals surface area contributed by atoms with Crippen LogP contribution in [0.15, 0.2) is 36.5 Å². The Morgan fingerprint density at radius 1 is 1.45 bits per heavy atom. The van der Waals surface area contributed by atoms with Gasteiger partial charge in [-0.15, -0.1) is 0 Å². The van der Waals surface area contributed by atoms with Crippen molar-refractivity contribution in [3.8, 4) is 0 Å². The van der Waals surface area contributed by atoms with Crippen molar-refractivity contribution in [1.82, 2.24) is 10.6 Å². The van der Waals surface area contributed by atoms with Crippen molar-refractivity contribution in [3.05, 3.63) is 47.1 Å². The number of carbonyl (C=O) groups is 2. The van der Waals surface area contributed by atoms with Crippen LogP contribution in [0.3, 0.4) is 0 Å². The highest BCUT2D eigenvalue weighted by Gasteiger charge is 2.38. The minimum atomic E-state index is -0.699. The molecule has 22 heavy (non-hydrogen) atoms. The molecule has 0 saturated carbocycles. The number of esters is 1. The van der Waals surface area contributed by atoms with Crippen molar-refractivity contribution in [2.75, 3.05) is 6.61 Å². The van der Waals surface area contributed by atoms with E-state index in [0.717, 1.165) is 5.56 Å². The first-order valence-electron chi connectivity index (χ1n) is 7.07. The van der Waals surface area contributed by atoms with Crippen molar-refractivity contribution < 1.29 is 14.3 Å². The Hall–Kier alpha value is -2.01. The van der Waals surface area contributed by atoms with Crippen LogP contribution in [-0.4, -0.2) is 18.6 Å². The molecule has 2 amide bonds. The zero-order valence-electron chi connectivity index (χ0n) is 12.6. The number of urea groups is 1. The van der Waals surface area contributed by atoms with Gasteiger partial charge in [-0.3, -0.25) is 4.79 Å². The summed E-state index contributed by atoms with van der Waals surface area (Å²) in [4.78, 5) is 24.1. The van der Waals surface area contributed by atoms with Crippen molar-refractivity contribution >= 4 is 23.6 Å². The summed E-state index contributed by atoms with van der Waals surface area (Å²) in [5, 5.41) is 5.81. The maximum atomic E-state index is 12.4. The second-order valence-electron chi connectivity index (χ2n) is 5.66. The molecule has 1 aromatic carbocycles. The summed E-state index contributed by atoms with van der Waals surface area (Å²) in [5.41, 5.74) is 1.05. The van der Waals surface area contributed by atoms with Gasteiger partial charge in [0.1, 0.15) is 5.92 Å². The Morgan fingerprint density at radius 3 is 2.82 bits per heavy atom. The van der Waals surface area contributed by atoms with Crippen molar-refractivity contribution in [1.29, 1.82) is 0 Å². The Morgan fingerprint density at radius 2 is 2.18 bits per heavy atom. The molecule has 2 atom stereocenters. The standard InChI is InChI=1S/C16H19ClN2O3/c1-9(2)8-22-15(20)13-10(3)18-16(21)19-14(13)11-5-4-6-12(17)7-11/h4-7,9,13-14H,3,8H2,1-2H3,(H2,18,19,21). The third kappa shape index (κ3) is 3.80. The summed E-state index contributed by atoms with van der Waals surface area (Å²) < 4.78 is 5.31. The third-order valence-electron chi connectivity index (χ3n) is 3.29. The maximum absolute atomic E-state index is 12.4. The summed E-state index contributed by atoms with van der Waals surface area (Å²) in [6.07, 6.45) is 0. The van der Waals surface area contributed by atoms with Crippen LogP contribution in [0.4, 0.5) is 4.79 Å². The van der Waals surface area contributed by atoms with E-state index in [-0.39, 0.29) is 5.92 Å². The normalized spacial score (nSPS) is 21.3. The van der Waals surface area contributed by atoms with Crippen LogP contribution >= 0.6 is 11.6 Å². The van der Waals surface area contributed by atoms with E-state index in [1.807, 2.05) is 13.8 Å². The van der Waals surface area contributed by atoms with Crippen LogP contribution in [0.2, 0.25) is 5.02 Å². The molecule has 0 aromatic heterocycles. The second-order valence-corrected chi connectivity index (χ2v) is 6.09. The quantitative estimate of drug-likeness (QED) is 0.837. The van der Waals surface area contributed by atoms with Gasteiger partial charge in [-0.2, -0.15) is 0 Å². The predicted molar refractivity (Wildman–Crippen MR) is 84.3 cm³/mol. The minimum Gasteiger partial charge on any atom is -0.465 e. The largest absolute Gasteiger partial charge is 0.465 e. The highest BCUT2D eigenvalue weighted by atomic mass is 35.5. The number of hydrogen-bond acceptors (Lipinski definition) is 3. The zero-order valence-corrected chi connectivity index (χ0v) is 13.3. The fraction of sp³-hybridized carbons (Fsp3) is 0.375. The average molecular weight is 323 g/mol. The van der Waals surface area contributed by atoms with E-state index in [2.05, 4.69) is 17.2 Å². The molecule has 0 spiro atoms. The number of nitrogens with one attached hydrogen (secondary N) is 2. The number of carbonyl (C=O) groups excluding carboxylic acids is 2. The summed E-state index contributed by atoms with van der Waals surface area (Å²) in [6.45, 7) is 8.02. The molecule has 0 bridgehead atoms. The molecule has 2 unspecified atom stereocenters. The molecule has 2 N–H and O–H groups in total. The molecule has 1 heterocycles. The monoisotopic (exact) mass is 322 g/mol. The van der Waals surface area contributed by atoms with Crippen molar-refractivity contribution in [3.63, 3.8) is 0 Å². The lowest BCUT2D eigenvalue weighted by molar-refractivity contribution is -0.149. The molecule has 1 aliphatic heterocycles. The summed E-state index contributed by atoms with van der Waals surface area (Å²) in [5.74, 6) is -0.890.